The summed E-state index contributed by atoms with van der Waals surface area (Å²) in [5.74, 6) is 0.205. The first-order chi connectivity index (χ1) is 17.9. The van der Waals surface area contributed by atoms with Crippen LogP contribution < -0.4 is 14.8 Å². The molecule has 1 aliphatic heterocycles. The highest BCUT2D eigenvalue weighted by Crippen LogP contribution is 2.42. The summed E-state index contributed by atoms with van der Waals surface area (Å²) in [4.78, 5) is 13.1. The van der Waals surface area contributed by atoms with E-state index in [4.69, 9.17) is 16.3 Å². The van der Waals surface area contributed by atoms with E-state index in [9.17, 15) is 18.3 Å². The Morgan fingerprint density at radius 1 is 1.18 bits per heavy atom. The van der Waals surface area contributed by atoms with Gasteiger partial charge in [0, 0.05) is 21.7 Å². The third-order valence-electron chi connectivity index (χ3n) is 6.08. The van der Waals surface area contributed by atoms with Crippen LogP contribution in [0, 0.1) is 0 Å². The number of nitrogens with one attached hydrogen (secondary N) is 3. The number of aliphatic hydroxyl groups excluding tert-OH is 1. The molecule has 2 aromatic carbocycles. The van der Waals surface area contributed by atoms with Gasteiger partial charge in [-0.2, -0.15) is 5.10 Å². The number of aliphatic hydroxyl groups is 1. The van der Waals surface area contributed by atoms with Gasteiger partial charge in [0.1, 0.15) is 26.0 Å². The molecule has 0 radical (unpaired) electrons. The number of ether oxygens (including phenoxy) is 1. The number of nitrogens with zero attached hydrogens (tertiary/aromatic N) is 1. The zero-order chi connectivity index (χ0) is 27.2. The van der Waals surface area contributed by atoms with Crippen molar-refractivity contribution in [1.82, 2.24) is 14.9 Å². The highest BCUT2D eigenvalue weighted by molar-refractivity contribution is 9.10. The molecule has 38 heavy (non-hydrogen) atoms. The highest BCUT2D eigenvalue weighted by Gasteiger charge is 2.45. The minimum atomic E-state index is -4.07. The lowest BCUT2D eigenvalue weighted by Gasteiger charge is -2.42. The first-order valence-electron chi connectivity index (χ1n) is 11.3. The molecule has 0 aliphatic carbocycles. The second-order valence-electron chi connectivity index (χ2n) is 9.18. The third kappa shape index (κ3) is 5.24. The Kier molecular flexibility index (Phi) is 7.14. The minimum Gasteiger partial charge on any atom is -0.485 e. The van der Waals surface area contributed by atoms with Crippen molar-refractivity contribution < 1.29 is 23.1 Å². The standard InChI is InChI=1S/C25H22BrClN4O5S2/c1-25(2)22(32)21(31-38(34,35)20-11-16(26)23(27)37-20)15-10-14(8-9-18(15)36-25)24(33)28-19-12-17(29-30-19)13-6-4-3-5-7-13/h3-12,21-22,31-32H,1-2H3,(H2,28,29,30,33)/t21-,22+/m1/s1. The van der Waals surface area contributed by atoms with Crippen LogP contribution in [-0.4, -0.2) is 41.3 Å². The van der Waals surface area contributed by atoms with Gasteiger partial charge in [0.25, 0.3) is 15.9 Å². The number of rotatable bonds is 6. The fourth-order valence-electron chi connectivity index (χ4n) is 4.09. The summed E-state index contributed by atoms with van der Waals surface area (Å²) in [7, 11) is -4.07. The fraction of sp³-hybridized carbons (Fsp3) is 0.200. The molecule has 0 bridgehead atoms. The van der Waals surface area contributed by atoms with E-state index in [0.29, 0.717) is 21.6 Å². The van der Waals surface area contributed by atoms with Crippen molar-refractivity contribution in [1.29, 1.82) is 0 Å². The van der Waals surface area contributed by atoms with Crippen LogP contribution in [0.5, 0.6) is 5.75 Å². The predicted molar refractivity (Wildman–Crippen MR) is 149 cm³/mol. The summed E-state index contributed by atoms with van der Waals surface area (Å²) >= 11 is 10.2. The van der Waals surface area contributed by atoms with Gasteiger partial charge in [0.15, 0.2) is 5.82 Å². The largest absolute Gasteiger partial charge is 0.485 e. The van der Waals surface area contributed by atoms with E-state index < -0.39 is 33.7 Å². The van der Waals surface area contributed by atoms with Crippen LogP contribution in [0.2, 0.25) is 4.34 Å². The molecule has 1 aliphatic rings. The molecule has 0 unspecified atom stereocenters. The molecule has 2 aromatic heterocycles. The molecule has 0 saturated heterocycles. The maximum Gasteiger partial charge on any atom is 0.256 e. The van der Waals surface area contributed by atoms with Crippen LogP contribution in [-0.2, 0) is 10.0 Å². The molecule has 1 amide bonds. The van der Waals surface area contributed by atoms with Gasteiger partial charge in [0.05, 0.1) is 11.7 Å². The second kappa shape index (κ2) is 10.1. The first-order valence-corrected chi connectivity index (χ1v) is 14.8. The van der Waals surface area contributed by atoms with E-state index in [2.05, 4.69) is 36.2 Å². The fourth-order valence-corrected chi connectivity index (χ4v) is 7.63. The number of fused-ring (bicyclic) bond motifs is 1. The van der Waals surface area contributed by atoms with Crippen LogP contribution in [0.1, 0.15) is 35.8 Å². The normalized spacial score (nSPS) is 18.4. The van der Waals surface area contributed by atoms with Gasteiger partial charge in [-0.25, -0.2) is 13.1 Å². The number of thiophene rings is 1. The SMILES string of the molecule is CC1(C)Oc2ccc(C(=O)Nc3cc(-c4ccccc4)[nH]n3)cc2[C@@H](NS(=O)(=O)c2cc(Br)c(Cl)s2)[C@@H]1O. The van der Waals surface area contributed by atoms with E-state index in [0.717, 1.165) is 22.6 Å². The number of aromatic nitrogens is 2. The smallest absolute Gasteiger partial charge is 0.256 e. The lowest BCUT2D eigenvalue weighted by atomic mass is 9.86. The van der Waals surface area contributed by atoms with Crippen LogP contribution in [0.4, 0.5) is 5.82 Å². The van der Waals surface area contributed by atoms with Gasteiger partial charge >= 0.3 is 0 Å². The number of H-pyrrole nitrogens is 1. The van der Waals surface area contributed by atoms with Crippen LogP contribution in [0.15, 0.2) is 69.3 Å². The van der Waals surface area contributed by atoms with Crippen molar-refractivity contribution in [2.24, 2.45) is 0 Å². The Morgan fingerprint density at radius 3 is 2.61 bits per heavy atom. The Hall–Kier alpha value is -2.74. The van der Waals surface area contributed by atoms with Gasteiger partial charge in [-0.15, -0.1) is 11.3 Å². The minimum absolute atomic E-state index is 0.0194. The Labute approximate surface area is 236 Å². The van der Waals surface area contributed by atoms with Crippen LogP contribution >= 0.6 is 38.9 Å². The van der Waals surface area contributed by atoms with Crippen molar-refractivity contribution in [2.45, 2.75) is 35.8 Å². The van der Waals surface area contributed by atoms with E-state index in [1.165, 1.54) is 12.1 Å². The average molecular weight is 638 g/mol. The maximum atomic E-state index is 13.2. The number of halogens is 2. The van der Waals surface area contributed by atoms with E-state index in [1.54, 1.807) is 32.0 Å². The molecule has 0 fully saturated rings. The maximum absolute atomic E-state index is 13.2. The molecule has 13 heteroatoms. The third-order valence-corrected chi connectivity index (χ3v) is 10.5. The average Bonchev–Trinajstić information content (AvgIpc) is 3.48. The molecule has 198 valence electrons. The van der Waals surface area contributed by atoms with E-state index in [1.807, 2.05) is 30.3 Å². The van der Waals surface area contributed by atoms with Gasteiger partial charge in [0.2, 0.25) is 0 Å². The number of benzene rings is 2. The van der Waals surface area contributed by atoms with Gasteiger partial charge < -0.3 is 15.2 Å². The van der Waals surface area contributed by atoms with Crippen LogP contribution in [0.3, 0.4) is 0 Å². The second-order valence-corrected chi connectivity index (χ2v) is 13.6. The highest BCUT2D eigenvalue weighted by atomic mass is 79.9. The topological polar surface area (TPSA) is 133 Å². The molecular formula is C25H22BrClN4O5S2. The molecule has 4 N–H and O–H groups in total. The Balaban J connectivity index is 1.44. The number of aromatic amines is 1. The molecule has 3 heterocycles. The first kappa shape index (κ1) is 26.9. The number of carbonyl (C=O) groups excluding carboxylic acids is 1. The summed E-state index contributed by atoms with van der Waals surface area (Å²) in [6, 6.07) is 16.2. The quantitative estimate of drug-likeness (QED) is 0.225. The molecule has 4 aromatic rings. The number of hydrogen-bond acceptors (Lipinski definition) is 7. The lowest BCUT2D eigenvalue weighted by Crippen LogP contribution is -2.53. The van der Waals surface area contributed by atoms with Crippen molar-refractivity contribution in [2.75, 3.05) is 5.32 Å². The molecule has 0 spiro atoms. The lowest BCUT2D eigenvalue weighted by molar-refractivity contribution is -0.0603. The predicted octanol–water partition coefficient (Wildman–Crippen LogP) is 5.36. The van der Waals surface area contributed by atoms with E-state index in [-0.39, 0.29) is 14.1 Å². The van der Waals surface area contributed by atoms with Crippen LogP contribution in [0.25, 0.3) is 11.3 Å². The number of sulfonamides is 1. The number of anilines is 1. The van der Waals surface area contributed by atoms with Gasteiger partial charge in [-0.1, -0.05) is 41.9 Å². The molecule has 0 saturated carbocycles. The summed E-state index contributed by atoms with van der Waals surface area (Å²) in [5.41, 5.74) is 1.09. The van der Waals surface area contributed by atoms with Gasteiger partial charge in [-0.3, -0.25) is 9.89 Å². The summed E-state index contributed by atoms with van der Waals surface area (Å²) < 4.78 is 35.6. The molecular weight excluding hydrogens is 616 g/mol. The Morgan fingerprint density at radius 2 is 1.92 bits per heavy atom. The van der Waals surface area contributed by atoms with Crippen molar-refractivity contribution >= 4 is 60.6 Å². The summed E-state index contributed by atoms with van der Waals surface area (Å²) in [6.45, 7) is 3.31. The van der Waals surface area contributed by atoms with Crippen molar-refractivity contribution in [3.05, 3.63) is 80.6 Å². The molecule has 2 atom stereocenters. The zero-order valence-electron chi connectivity index (χ0n) is 20.0. The van der Waals surface area contributed by atoms with Crippen molar-refractivity contribution in [3.63, 3.8) is 0 Å². The van der Waals surface area contributed by atoms with Gasteiger partial charge in [-0.05, 0) is 59.6 Å². The van der Waals surface area contributed by atoms with E-state index >= 15 is 0 Å². The number of amides is 1. The zero-order valence-corrected chi connectivity index (χ0v) is 24.0. The number of hydrogen-bond donors (Lipinski definition) is 4. The summed E-state index contributed by atoms with van der Waals surface area (Å²) in [6.07, 6.45) is -1.26. The molecule has 5 rings (SSSR count). The summed E-state index contributed by atoms with van der Waals surface area (Å²) in [5, 5.41) is 20.9. The number of carbonyl (C=O) groups is 1. The molecule has 9 nitrogen and oxygen atoms in total. The Bertz CT molecular complexity index is 1600. The monoisotopic (exact) mass is 636 g/mol. The van der Waals surface area contributed by atoms with Crippen molar-refractivity contribution in [3.8, 4) is 17.0 Å².